The van der Waals surface area contributed by atoms with Crippen LogP contribution in [0.15, 0.2) is 30.3 Å². The molecule has 4 heteroatoms. The van der Waals surface area contributed by atoms with Gasteiger partial charge in [0.1, 0.15) is 11.3 Å². The van der Waals surface area contributed by atoms with Crippen LogP contribution in [0.1, 0.15) is 25.5 Å². The van der Waals surface area contributed by atoms with Gasteiger partial charge in [0.25, 0.3) is 0 Å². The lowest BCUT2D eigenvalue weighted by atomic mass is 10.1. The van der Waals surface area contributed by atoms with Crippen LogP contribution in [0.25, 0.3) is 10.9 Å². The Bertz CT molecular complexity index is 702. The minimum absolute atomic E-state index is 0.597. The molecule has 2 aliphatic heterocycles. The Labute approximate surface area is 138 Å². The molecule has 2 saturated heterocycles. The van der Waals surface area contributed by atoms with E-state index in [-0.39, 0.29) is 0 Å². The third-order valence-corrected chi connectivity index (χ3v) is 5.39. The van der Waals surface area contributed by atoms with Crippen LogP contribution >= 0.6 is 0 Å². The van der Waals surface area contributed by atoms with Gasteiger partial charge >= 0.3 is 0 Å². The van der Waals surface area contributed by atoms with Gasteiger partial charge in [-0.25, -0.2) is 4.98 Å². The van der Waals surface area contributed by atoms with Gasteiger partial charge in [0.15, 0.2) is 0 Å². The molecule has 4 rings (SSSR count). The number of methoxy groups -OCH3 is 1. The smallest absolute Gasteiger partial charge is 0.145 e. The molecule has 0 aliphatic carbocycles. The molecule has 122 valence electrons. The van der Waals surface area contributed by atoms with Gasteiger partial charge in [0.05, 0.1) is 12.8 Å². The van der Waals surface area contributed by atoms with Crippen molar-refractivity contribution in [3.63, 3.8) is 0 Å². The minimum atomic E-state index is 0.597. The summed E-state index contributed by atoms with van der Waals surface area (Å²) < 4.78 is 5.47. The lowest BCUT2D eigenvalue weighted by Crippen LogP contribution is -2.54. The monoisotopic (exact) mass is 311 g/mol. The number of rotatable bonds is 3. The lowest BCUT2D eigenvalue weighted by molar-refractivity contribution is 0.0532. The molecule has 2 aliphatic rings. The van der Waals surface area contributed by atoms with Crippen LogP contribution in [-0.2, 0) is 6.54 Å². The number of aromatic nitrogens is 1. The minimum Gasteiger partial charge on any atom is -0.494 e. The molecule has 1 aromatic carbocycles. The van der Waals surface area contributed by atoms with Crippen molar-refractivity contribution < 1.29 is 4.74 Å². The molecular formula is C19H25N3O. The number of hydrogen-bond acceptors (Lipinski definition) is 4. The van der Waals surface area contributed by atoms with E-state index in [4.69, 9.17) is 9.72 Å². The van der Waals surface area contributed by atoms with Crippen molar-refractivity contribution in [1.82, 2.24) is 14.8 Å². The van der Waals surface area contributed by atoms with Gasteiger partial charge in [-0.3, -0.25) is 9.80 Å². The SMILES string of the molecule is COc1cccc2ccc(CN3C[C@@H]4CCCN4C[C@H]3C)nc12. The summed E-state index contributed by atoms with van der Waals surface area (Å²) in [7, 11) is 1.71. The summed E-state index contributed by atoms with van der Waals surface area (Å²) in [6.45, 7) is 6.93. The number of benzene rings is 1. The van der Waals surface area contributed by atoms with Crippen molar-refractivity contribution >= 4 is 10.9 Å². The number of para-hydroxylation sites is 1. The highest BCUT2D eigenvalue weighted by Gasteiger charge is 2.34. The summed E-state index contributed by atoms with van der Waals surface area (Å²) in [5, 5.41) is 1.14. The molecular weight excluding hydrogens is 286 g/mol. The molecule has 1 aromatic heterocycles. The molecule has 4 nitrogen and oxygen atoms in total. The lowest BCUT2D eigenvalue weighted by Gasteiger charge is -2.42. The standard InChI is InChI=1S/C19H25N3O/c1-14-11-21-10-4-6-17(21)13-22(14)12-16-9-8-15-5-3-7-18(23-2)19(15)20-16/h3,5,7-9,14,17H,4,6,10-13H2,1-2H3/t14-,17+/m1/s1. The first-order valence-electron chi connectivity index (χ1n) is 8.65. The number of hydrogen-bond donors (Lipinski definition) is 0. The van der Waals surface area contributed by atoms with E-state index in [2.05, 4.69) is 34.9 Å². The van der Waals surface area contributed by atoms with Crippen LogP contribution in [0.4, 0.5) is 0 Å². The number of nitrogens with zero attached hydrogens (tertiary/aromatic N) is 3. The molecule has 0 radical (unpaired) electrons. The van der Waals surface area contributed by atoms with E-state index in [0.717, 1.165) is 34.9 Å². The normalized spacial score (nSPS) is 25.7. The fourth-order valence-electron chi connectivity index (χ4n) is 4.09. The Morgan fingerprint density at radius 1 is 1.22 bits per heavy atom. The van der Waals surface area contributed by atoms with Crippen molar-refractivity contribution in [3.05, 3.63) is 36.0 Å². The Morgan fingerprint density at radius 2 is 2.13 bits per heavy atom. The fourth-order valence-corrected chi connectivity index (χ4v) is 4.09. The number of pyridine rings is 1. The van der Waals surface area contributed by atoms with Crippen LogP contribution in [0.2, 0.25) is 0 Å². The van der Waals surface area contributed by atoms with Gasteiger partial charge in [0, 0.05) is 37.1 Å². The highest BCUT2D eigenvalue weighted by molar-refractivity contribution is 5.84. The van der Waals surface area contributed by atoms with E-state index < -0.39 is 0 Å². The van der Waals surface area contributed by atoms with Crippen molar-refractivity contribution in [3.8, 4) is 5.75 Å². The average molecular weight is 311 g/mol. The second-order valence-corrected chi connectivity index (χ2v) is 6.90. The molecule has 0 bridgehead atoms. The molecule has 0 amide bonds. The van der Waals surface area contributed by atoms with E-state index in [9.17, 15) is 0 Å². The topological polar surface area (TPSA) is 28.6 Å². The van der Waals surface area contributed by atoms with Gasteiger partial charge in [-0.1, -0.05) is 18.2 Å². The van der Waals surface area contributed by atoms with Crippen LogP contribution in [0, 0.1) is 0 Å². The molecule has 0 unspecified atom stereocenters. The zero-order valence-electron chi connectivity index (χ0n) is 14.0. The third kappa shape index (κ3) is 2.81. The number of fused-ring (bicyclic) bond motifs is 2. The van der Waals surface area contributed by atoms with Crippen molar-refractivity contribution in [2.45, 2.75) is 38.4 Å². The maximum absolute atomic E-state index is 5.47. The zero-order valence-corrected chi connectivity index (χ0v) is 14.0. The highest BCUT2D eigenvalue weighted by atomic mass is 16.5. The Hall–Kier alpha value is -1.65. The van der Waals surface area contributed by atoms with E-state index in [1.165, 1.54) is 32.5 Å². The predicted octanol–water partition coefficient (Wildman–Crippen LogP) is 2.91. The molecule has 2 fully saturated rings. The van der Waals surface area contributed by atoms with Gasteiger partial charge in [-0.2, -0.15) is 0 Å². The highest BCUT2D eigenvalue weighted by Crippen LogP contribution is 2.27. The van der Waals surface area contributed by atoms with Gasteiger partial charge in [0.2, 0.25) is 0 Å². The molecule has 3 heterocycles. The Morgan fingerprint density at radius 3 is 3.00 bits per heavy atom. The summed E-state index contributed by atoms with van der Waals surface area (Å²) in [6, 6.07) is 11.8. The average Bonchev–Trinajstić information content (AvgIpc) is 3.01. The quantitative estimate of drug-likeness (QED) is 0.871. The van der Waals surface area contributed by atoms with Gasteiger partial charge < -0.3 is 4.74 Å². The molecule has 23 heavy (non-hydrogen) atoms. The fraction of sp³-hybridized carbons (Fsp3) is 0.526. The molecule has 0 N–H and O–H groups in total. The second kappa shape index (κ2) is 6.10. The molecule has 0 saturated carbocycles. The van der Waals surface area contributed by atoms with Crippen LogP contribution in [-0.4, -0.2) is 53.6 Å². The summed E-state index contributed by atoms with van der Waals surface area (Å²) in [4.78, 5) is 10.1. The summed E-state index contributed by atoms with van der Waals surface area (Å²) in [5.41, 5.74) is 2.11. The van der Waals surface area contributed by atoms with E-state index in [1.54, 1.807) is 7.11 Å². The van der Waals surface area contributed by atoms with E-state index >= 15 is 0 Å². The molecule has 2 atom stereocenters. The molecule has 0 spiro atoms. The van der Waals surface area contributed by atoms with Crippen molar-refractivity contribution in [2.24, 2.45) is 0 Å². The van der Waals surface area contributed by atoms with E-state index in [0.29, 0.717) is 6.04 Å². The Balaban J connectivity index is 1.57. The maximum Gasteiger partial charge on any atom is 0.145 e. The van der Waals surface area contributed by atoms with Crippen LogP contribution < -0.4 is 4.74 Å². The largest absolute Gasteiger partial charge is 0.494 e. The second-order valence-electron chi connectivity index (χ2n) is 6.90. The van der Waals surface area contributed by atoms with Gasteiger partial charge in [-0.15, -0.1) is 0 Å². The first-order valence-corrected chi connectivity index (χ1v) is 8.65. The molecule has 2 aromatic rings. The summed E-state index contributed by atoms with van der Waals surface area (Å²) >= 11 is 0. The summed E-state index contributed by atoms with van der Waals surface area (Å²) in [5.74, 6) is 0.859. The first-order chi connectivity index (χ1) is 11.2. The summed E-state index contributed by atoms with van der Waals surface area (Å²) in [6.07, 6.45) is 2.71. The first kappa shape index (κ1) is 14.9. The number of piperazine rings is 1. The van der Waals surface area contributed by atoms with Crippen LogP contribution in [0.5, 0.6) is 5.75 Å². The Kier molecular flexibility index (Phi) is 3.95. The zero-order chi connectivity index (χ0) is 15.8. The van der Waals surface area contributed by atoms with Crippen molar-refractivity contribution in [1.29, 1.82) is 0 Å². The number of ether oxygens (including phenoxy) is 1. The van der Waals surface area contributed by atoms with Crippen molar-refractivity contribution in [2.75, 3.05) is 26.7 Å². The maximum atomic E-state index is 5.47. The third-order valence-electron chi connectivity index (χ3n) is 5.39. The van der Waals surface area contributed by atoms with Gasteiger partial charge in [-0.05, 0) is 38.4 Å². The van der Waals surface area contributed by atoms with Crippen LogP contribution in [0.3, 0.4) is 0 Å². The predicted molar refractivity (Wildman–Crippen MR) is 92.8 cm³/mol. The van der Waals surface area contributed by atoms with E-state index in [1.807, 2.05) is 12.1 Å².